The molecule has 1 aromatic carbocycles. The maximum Gasteiger partial charge on any atom is 0.300 e. The first-order valence-corrected chi connectivity index (χ1v) is 14.3. The Morgan fingerprint density at radius 3 is 2.54 bits per heavy atom. The second kappa shape index (κ2) is 8.94. The van der Waals surface area contributed by atoms with E-state index in [-0.39, 0.29) is 67.4 Å². The molecule has 2 atom stereocenters. The van der Waals surface area contributed by atoms with Crippen molar-refractivity contribution in [2.24, 2.45) is 4.99 Å². The van der Waals surface area contributed by atoms with Crippen LogP contribution in [0.1, 0.15) is 6.92 Å². The first kappa shape index (κ1) is 25.9. The minimum Gasteiger partial charge on any atom is -0.454 e. The van der Waals surface area contributed by atoms with Crippen LogP contribution in [0, 0.1) is 0 Å². The second-order valence-electron chi connectivity index (χ2n) is 8.05. The Kier molecular flexibility index (Phi) is 6.26. The van der Waals surface area contributed by atoms with Crippen LogP contribution in [0.2, 0.25) is 10.0 Å². The number of nitrogens with zero attached hydrogens (tertiary/aromatic N) is 2. The third-order valence-electron chi connectivity index (χ3n) is 5.81. The summed E-state index contributed by atoms with van der Waals surface area (Å²) >= 11 is 13.2. The Labute approximate surface area is 220 Å². The summed E-state index contributed by atoms with van der Waals surface area (Å²) in [4.78, 5) is 7.89. The highest BCUT2D eigenvalue weighted by Gasteiger charge is 2.42. The summed E-state index contributed by atoms with van der Waals surface area (Å²) in [5, 5.41) is 3.99. The van der Waals surface area contributed by atoms with Crippen LogP contribution in [-0.4, -0.2) is 55.8 Å². The monoisotopic (exact) mass is 588 g/mol. The van der Waals surface area contributed by atoms with Gasteiger partial charge >= 0.3 is 10.1 Å². The quantitative estimate of drug-likeness (QED) is 0.260. The number of ether oxygens (including phenoxy) is 1. The van der Waals surface area contributed by atoms with E-state index in [9.17, 15) is 25.9 Å². The van der Waals surface area contributed by atoms with Gasteiger partial charge in [0.25, 0.3) is 10.1 Å². The maximum absolute atomic E-state index is 12.2. The number of hydrogen-bond donors (Lipinski definition) is 4. The first-order chi connectivity index (χ1) is 17.4. The van der Waals surface area contributed by atoms with Crippen LogP contribution < -0.4 is 20.7 Å². The summed E-state index contributed by atoms with van der Waals surface area (Å²) in [6.45, 7) is 1.93. The van der Waals surface area contributed by atoms with Gasteiger partial charge in [-0.05, 0) is 32.2 Å². The van der Waals surface area contributed by atoms with Crippen LogP contribution in [0.4, 0.5) is 5.69 Å². The van der Waals surface area contributed by atoms with Crippen molar-refractivity contribution >= 4 is 60.2 Å². The largest absolute Gasteiger partial charge is 0.454 e. The van der Waals surface area contributed by atoms with Gasteiger partial charge in [-0.15, -0.1) is 0 Å². The molecule has 2 aliphatic heterocycles. The Morgan fingerprint density at radius 1 is 1.19 bits per heavy atom. The van der Waals surface area contributed by atoms with Crippen molar-refractivity contribution in [1.29, 1.82) is 0 Å². The predicted octanol–water partition coefficient (Wildman–Crippen LogP) is 2.84. The molecule has 16 heteroatoms. The van der Waals surface area contributed by atoms with E-state index in [4.69, 9.17) is 32.4 Å². The van der Waals surface area contributed by atoms with Gasteiger partial charge in [0.1, 0.15) is 26.9 Å². The SMILES string of the molecule is CCN=c1ccc2nc3c(Cl)c4c(c(Cl)c3oc-2c1S(=O)(=O)O)NC1=C(O4)C(S(=O)(=O)O)C(NC)C=C1. The number of nitrogens with one attached hydrogen (secondary N) is 2. The van der Waals surface area contributed by atoms with Crippen molar-refractivity contribution in [2.75, 3.05) is 18.9 Å². The normalized spacial score (nSPS) is 20.1. The van der Waals surface area contributed by atoms with E-state index in [2.05, 4.69) is 20.6 Å². The number of fused-ring (bicyclic) bond motifs is 3. The van der Waals surface area contributed by atoms with Gasteiger partial charge in [-0.3, -0.25) is 14.1 Å². The second-order valence-corrected chi connectivity index (χ2v) is 11.7. The Morgan fingerprint density at radius 2 is 1.92 bits per heavy atom. The lowest BCUT2D eigenvalue weighted by atomic mass is 10.0. The molecule has 0 aromatic heterocycles. The van der Waals surface area contributed by atoms with Gasteiger partial charge in [0, 0.05) is 6.54 Å². The van der Waals surface area contributed by atoms with Gasteiger partial charge in [-0.25, -0.2) is 4.98 Å². The summed E-state index contributed by atoms with van der Waals surface area (Å²) in [5.41, 5.74) is 0.145. The van der Waals surface area contributed by atoms with Gasteiger partial charge in [0.2, 0.25) is 0 Å². The van der Waals surface area contributed by atoms with Gasteiger partial charge in [0.15, 0.2) is 33.0 Å². The van der Waals surface area contributed by atoms with E-state index >= 15 is 0 Å². The van der Waals surface area contributed by atoms with E-state index in [0.717, 1.165) is 0 Å². The Balaban J connectivity index is 1.79. The lowest BCUT2D eigenvalue weighted by Crippen LogP contribution is -2.46. The topological polar surface area (TPSA) is 180 Å². The molecule has 0 bridgehead atoms. The fourth-order valence-corrected chi connectivity index (χ4v) is 6.60. The fourth-order valence-electron chi connectivity index (χ4n) is 4.26. The number of benzene rings is 2. The molecule has 4 N–H and O–H groups in total. The molecule has 196 valence electrons. The lowest BCUT2D eigenvalue weighted by molar-refractivity contribution is 0.363. The summed E-state index contributed by atoms with van der Waals surface area (Å²) in [6.07, 6.45) is 3.06. The van der Waals surface area contributed by atoms with E-state index in [0.29, 0.717) is 0 Å². The highest BCUT2D eigenvalue weighted by atomic mass is 35.5. The zero-order valence-electron chi connectivity index (χ0n) is 19.0. The van der Waals surface area contributed by atoms with Crippen LogP contribution in [0.15, 0.2) is 50.0 Å². The van der Waals surface area contributed by atoms with Crippen LogP contribution in [0.3, 0.4) is 0 Å². The number of halogens is 2. The van der Waals surface area contributed by atoms with E-state index in [1.807, 2.05) is 0 Å². The van der Waals surface area contributed by atoms with Gasteiger partial charge in [0.05, 0.1) is 17.1 Å². The summed E-state index contributed by atoms with van der Waals surface area (Å²) in [7, 11) is -7.88. The van der Waals surface area contributed by atoms with Crippen LogP contribution in [-0.2, 0) is 20.2 Å². The molecule has 2 heterocycles. The molecular formula is C21H18Cl2N4O8S2. The number of anilines is 1. The standard InChI is InChI=1S/C21H18Cl2N4O8S2/c1-3-25-11-7-5-9-17(21(11)37(31,32)33)35-19-13(23)14-18(12(22)15(19)27-9)34-16-8(26-14)4-6-10(24-2)20(16)36(28,29)30/h4-7,10,20,24,26H,3H2,1-2H3,(H,28,29,30)(H,31,32,33). The first-order valence-electron chi connectivity index (χ1n) is 10.6. The van der Waals surface area contributed by atoms with Gasteiger partial charge < -0.3 is 19.8 Å². The van der Waals surface area contributed by atoms with Crippen LogP contribution in [0.5, 0.6) is 5.75 Å². The molecule has 4 aliphatic rings. The van der Waals surface area contributed by atoms with Crippen molar-refractivity contribution in [3.8, 4) is 17.2 Å². The number of allylic oxidation sites excluding steroid dienone is 1. The molecule has 2 unspecified atom stereocenters. The van der Waals surface area contributed by atoms with Gasteiger partial charge in [-0.1, -0.05) is 29.3 Å². The molecule has 0 saturated carbocycles. The summed E-state index contributed by atoms with van der Waals surface area (Å²) in [6, 6.07) is 1.99. The molecule has 5 rings (SSSR count). The van der Waals surface area contributed by atoms with Crippen molar-refractivity contribution in [2.45, 2.75) is 23.1 Å². The van der Waals surface area contributed by atoms with Crippen LogP contribution in [0.25, 0.3) is 22.6 Å². The molecule has 37 heavy (non-hydrogen) atoms. The highest BCUT2D eigenvalue weighted by molar-refractivity contribution is 7.86. The number of aromatic nitrogens is 1. The predicted molar refractivity (Wildman–Crippen MR) is 135 cm³/mol. The van der Waals surface area contributed by atoms with Crippen molar-refractivity contribution in [3.63, 3.8) is 0 Å². The molecular weight excluding hydrogens is 571 g/mol. The number of hydrogen-bond acceptors (Lipinski definition) is 10. The molecule has 0 spiro atoms. The summed E-state index contributed by atoms with van der Waals surface area (Å²) < 4.78 is 80.4. The Hall–Kier alpha value is -2.72. The summed E-state index contributed by atoms with van der Waals surface area (Å²) in [5.74, 6) is -0.488. The minimum atomic E-state index is -4.78. The molecule has 0 radical (unpaired) electrons. The lowest BCUT2D eigenvalue weighted by Gasteiger charge is -2.33. The molecule has 1 aromatic rings. The average Bonchev–Trinajstić information content (AvgIpc) is 2.83. The van der Waals surface area contributed by atoms with Crippen molar-refractivity contribution < 1.29 is 35.1 Å². The van der Waals surface area contributed by atoms with Crippen molar-refractivity contribution in [3.05, 3.63) is 51.1 Å². The molecule has 0 saturated heterocycles. The van der Waals surface area contributed by atoms with Gasteiger partial charge in [-0.2, -0.15) is 16.8 Å². The van der Waals surface area contributed by atoms with E-state index in [1.165, 1.54) is 25.3 Å². The number of likely N-dealkylation sites (N-methyl/N-ethyl adjacent to an activating group) is 1. The zero-order chi connectivity index (χ0) is 26.9. The van der Waals surface area contributed by atoms with E-state index in [1.54, 1.807) is 13.0 Å². The zero-order valence-corrected chi connectivity index (χ0v) is 22.1. The molecule has 2 aliphatic carbocycles. The Bertz CT molecular complexity index is 1800. The minimum absolute atomic E-state index is 0.0171. The van der Waals surface area contributed by atoms with Crippen LogP contribution >= 0.6 is 23.2 Å². The molecule has 0 fully saturated rings. The average molecular weight is 589 g/mol. The fraction of sp³-hybridized carbons (Fsp3) is 0.238. The molecule has 0 amide bonds. The van der Waals surface area contributed by atoms with E-state index < -0.39 is 36.4 Å². The smallest absolute Gasteiger partial charge is 0.300 e. The molecule has 12 nitrogen and oxygen atoms in total. The third-order valence-corrected chi connectivity index (χ3v) is 8.58. The maximum atomic E-state index is 12.2. The highest BCUT2D eigenvalue weighted by Crippen LogP contribution is 2.50. The van der Waals surface area contributed by atoms with Crippen molar-refractivity contribution in [1.82, 2.24) is 10.3 Å². The third kappa shape index (κ3) is 4.18. The number of rotatable bonds is 4.